The van der Waals surface area contributed by atoms with Crippen molar-refractivity contribution in [2.45, 2.75) is 71.5 Å². The molecular formula is C18H31N3. The summed E-state index contributed by atoms with van der Waals surface area (Å²) in [7, 11) is 0. The van der Waals surface area contributed by atoms with Gasteiger partial charge in [-0.1, -0.05) is 26.8 Å². The van der Waals surface area contributed by atoms with Crippen molar-refractivity contribution in [1.82, 2.24) is 15.2 Å². The van der Waals surface area contributed by atoms with Gasteiger partial charge in [-0.3, -0.25) is 9.88 Å². The molecule has 0 amide bonds. The molecule has 1 saturated heterocycles. The van der Waals surface area contributed by atoms with Crippen molar-refractivity contribution in [2.75, 3.05) is 13.1 Å². The number of nitrogens with one attached hydrogen (secondary N) is 1. The predicted octanol–water partition coefficient (Wildman–Crippen LogP) is 3.52. The van der Waals surface area contributed by atoms with Crippen LogP contribution in [0, 0.1) is 6.92 Å². The molecule has 0 radical (unpaired) electrons. The number of rotatable bonds is 5. The molecule has 1 aromatic rings. The first-order valence-corrected chi connectivity index (χ1v) is 8.39. The Morgan fingerprint density at radius 3 is 2.52 bits per heavy atom. The van der Waals surface area contributed by atoms with Gasteiger partial charge in [0.2, 0.25) is 0 Å². The number of aromatic nitrogens is 1. The maximum atomic E-state index is 4.62. The summed E-state index contributed by atoms with van der Waals surface area (Å²) in [6.07, 6.45) is 5.45. The van der Waals surface area contributed by atoms with Crippen molar-refractivity contribution < 1.29 is 0 Å². The van der Waals surface area contributed by atoms with Gasteiger partial charge in [-0.2, -0.15) is 0 Å². The molecule has 1 aliphatic heterocycles. The second kappa shape index (κ2) is 6.45. The standard InChI is InChI=1S/C18H31N3/c1-6-17(5)14-21(18(7-2,8-3)13-20-17)12-16-15(4)10-9-11-19-16/h9-11,20H,6-8,12-14H2,1-5H3. The average Bonchev–Trinajstić information content (AvgIpc) is 2.51. The van der Waals surface area contributed by atoms with Crippen molar-refractivity contribution >= 4 is 0 Å². The number of hydrogen-bond acceptors (Lipinski definition) is 3. The van der Waals surface area contributed by atoms with Crippen molar-refractivity contribution in [3.8, 4) is 0 Å². The van der Waals surface area contributed by atoms with Crippen LogP contribution in [0.2, 0.25) is 0 Å². The van der Waals surface area contributed by atoms with E-state index in [1.165, 1.54) is 24.1 Å². The van der Waals surface area contributed by atoms with Gasteiger partial charge in [0, 0.05) is 36.9 Å². The van der Waals surface area contributed by atoms with Crippen molar-refractivity contribution in [1.29, 1.82) is 0 Å². The topological polar surface area (TPSA) is 28.2 Å². The maximum absolute atomic E-state index is 4.62. The molecule has 0 spiro atoms. The van der Waals surface area contributed by atoms with E-state index in [1.54, 1.807) is 0 Å². The molecule has 2 rings (SSSR count). The molecule has 1 aromatic heterocycles. The normalized spacial score (nSPS) is 26.0. The molecule has 3 nitrogen and oxygen atoms in total. The zero-order valence-corrected chi connectivity index (χ0v) is 14.4. The third-order valence-corrected chi connectivity index (χ3v) is 5.61. The van der Waals surface area contributed by atoms with Crippen LogP contribution in [0.1, 0.15) is 58.2 Å². The lowest BCUT2D eigenvalue weighted by Crippen LogP contribution is -2.68. The molecule has 1 fully saturated rings. The largest absolute Gasteiger partial charge is 0.308 e. The van der Waals surface area contributed by atoms with Crippen molar-refractivity contribution in [2.24, 2.45) is 0 Å². The van der Waals surface area contributed by atoms with E-state index in [1.807, 2.05) is 12.3 Å². The van der Waals surface area contributed by atoms with E-state index in [2.05, 4.69) is 55.9 Å². The maximum Gasteiger partial charge on any atom is 0.0573 e. The lowest BCUT2D eigenvalue weighted by molar-refractivity contribution is -0.00503. The van der Waals surface area contributed by atoms with Crippen molar-refractivity contribution in [3.63, 3.8) is 0 Å². The Kier molecular flexibility index (Phi) is 5.05. The minimum atomic E-state index is 0.219. The summed E-state index contributed by atoms with van der Waals surface area (Å²) in [5, 5.41) is 3.81. The Bertz CT molecular complexity index is 467. The second-order valence-corrected chi connectivity index (χ2v) is 6.82. The van der Waals surface area contributed by atoms with Gasteiger partial charge in [0.15, 0.2) is 0 Å². The fraction of sp³-hybridized carbons (Fsp3) is 0.722. The van der Waals surface area contributed by atoms with Gasteiger partial charge in [-0.05, 0) is 44.7 Å². The molecule has 0 saturated carbocycles. The zero-order valence-electron chi connectivity index (χ0n) is 14.4. The van der Waals surface area contributed by atoms with Crippen LogP contribution >= 0.6 is 0 Å². The summed E-state index contributed by atoms with van der Waals surface area (Å²) < 4.78 is 0. The van der Waals surface area contributed by atoms with Gasteiger partial charge < -0.3 is 5.32 Å². The molecule has 1 atom stereocenters. The lowest BCUT2D eigenvalue weighted by Gasteiger charge is -2.53. The van der Waals surface area contributed by atoms with Crippen LogP contribution < -0.4 is 5.32 Å². The first-order valence-electron chi connectivity index (χ1n) is 8.39. The summed E-state index contributed by atoms with van der Waals surface area (Å²) in [5.41, 5.74) is 3.01. The fourth-order valence-corrected chi connectivity index (χ4v) is 3.41. The van der Waals surface area contributed by atoms with E-state index in [0.717, 1.165) is 26.1 Å². The smallest absolute Gasteiger partial charge is 0.0573 e. The van der Waals surface area contributed by atoms with E-state index in [4.69, 9.17) is 0 Å². The Labute approximate surface area is 130 Å². The van der Waals surface area contributed by atoms with Gasteiger partial charge in [0.25, 0.3) is 0 Å². The summed E-state index contributed by atoms with van der Waals surface area (Å²) in [6, 6.07) is 4.20. The number of pyridine rings is 1. The SMILES string of the molecule is CCC1(C)CN(Cc2ncccc2C)C(CC)(CC)CN1. The first kappa shape index (κ1) is 16.4. The van der Waals surface area contributed by atoms with Gasteiger partial charge in [-0.15, -0.1) is 0 Å². The van der Waals surface area contributed by atoms with E-state index < -0.39 is 0 Å². The Hall–Kier alpha value is -0.930. The van der Waals surface area contributed by atoms with Crippen LogP contribution in [0.15, 0.2) is 18.3 Å². The minimum Gasteiger partial charge on any atom is -0.308 e. The van der Waals surface area contributed by atoms with Crippen LogP contribution in [-0.2, 0) is 6.54 Å². The molecule has 3 heteroatoms. The lowest BCUT2D eigenvalue weighted by atomic mass is 9.82. The molecule has 0 bridgehead atoms. The Morgan fingerprint density at radius 1 is 1.24 bits per heavy atom. The molecule has 0 aromatic carbocycles. The molecule has 1 unspecified atom stereocenters. The van der Waals surface area contributed by atoms with Crippen molar-refractivity contribution in [3.05, 3.63) is 29.6 Å². The van der Waals surface area contributed by atoms with Crippen LogP contribution in [-0.4, -0.2) is 34.1 Å². The summed E-state index contributed by atoms with van der Waals surface area (Å²) in [4.78, 5) is 7.30. The highest BCUT2D eigenvalue weighted by Crippen LogP contribution is 2.32. The average molecular weight is 289 g/mol. The quantitative estimate of drug-likeness (QED) is 0.899. The molecule has 0 aliphatic carbocycles. The van der Waals surface area contributed by atoms with Gasteiger partial charge >= 0.3 is 0 Å². The molecule has 21 heavy (non-hydrogen) atoms. The predicted molar refractivity (Wildman–Crippen MR) is 89.4 cm³/mol. The van der Waals surface area contributed by atoms with E-state index >= 15 is 0 Å². The molecule has 1 N–H and O–H groups in total. The summed E-state index contributed by atoms with van der Waals surface area (Å²) in [6.45, 7) is 14.6. The van der Waals surface area contributed by atoms with E-state index in [-0.39, 0.29) is 11.1 Å². The van der Waals surface area contributed by atoms with Gasteiger partial charge in [0.05, 0.1) is 5.69 Å². The molecular weight excluding hydrogens is 258 g/mol. The van der Waals surface area contributed by atoms with Crippen LogP contribution in [0.3, 0.4) is 0 Å². The van der Waals surface area contributed by atoms with E-state index in [0.29, 0.717) is 0 Å². The molecule has 2 heterocycles. The third kappa shape index (κ3) is 3.29. The second-order valence-electron chi connectivity index (χ2n) is 6.82. The first-order chi connectivity index (χ1) is 9.98. The zero-order chi connectivity index (χ0) is 15.5. The highest BCUT2D eigenvalue weighted by Gasteiger charge is 2.42. The van der Waals surface area contributed by atoms with Crippen LogP contribution in [0.4, 0.5) is 0 Å². The summed E-state index contributed by atoms with van der Waals surface area (Å²) in [5.74, 6) is 0. The highest BCUT2D eigenvalue weighted by molar-refractivity contribution is 5.18. The number of aryl methyl sites for hydroxylation is 1. The highest BCUT2D eigenvalue weighted by atomic mass is 15.3. The Morgan fingerprint density at radius 2 is 1.95 bits per heavy atom. The monoisotopic (exact) mass is 289 g/mol. The number of piperazine rings is 1. The number of hydrogen-bond donors (Lipinski definition) is 1. The molecule has 1 aliphatic rings. The molecule has 118 valence electrons. The minimum absolute atomic E-state index is 0.219. The Balaban J connectivity index is 2.27. The fourth-order valence-electron chi connectivity index (χ4n) is 3.41. The van der Waals surface area contributed by atoms with Gasteiger partial charge in [0.1, 0.15) is 0 Å². The van der Waals surface area contributed by atoms with Gasteiger partial charge in [-0.25, -0.2) is 0 Å². The third-order valence-electron chi connectivity index (χ3n) is 5.61. The van der Waals surface area contributed by atoms with Crippen LogP contribution in [0.5, 0.6) is 0 Å². The van der Waals surface area contributed by atoms with Crippen LogP contribution in [0.25, 0.3) is 0 Å². The summed E-state index contributed by atoms with van der Waals surface area (Å²) >= 11 is 0. The van der Waals surface area contributed by atoms with E-state index in [9.17, 15) is 0 Å². The number of nitrogens with zero attached hydrogens (tertiary/aromatic N) is 2.